The van der Waals surface area contributed by atoms with Crippen molar-refractivity contribution in [2.45, 2.75) is 19.4 Å². The van der Waals surface area contributed by atoms with Gasteiger partial charge in [0.05, 0.1) is 5.92 Å². The summed E-state index contributed by atoms with van der Waals surface area (Å²) in [4.78, 5) is 21.7. The fourth-order valence-corrected chi connectivity index (χ4v) is 1.55. The first-order chi connectivity index (χ1) is 6.18. The summed E-state index contributed by atoms with van der Waals surface area (Å²) in [6.45, 7) is 0.236. The average Bonchev–Trinajstić information content (AvgIpc) is 2.47. The number of fused-ring (bicyclic) bond motifs is 1. The minimum atomic E-state index is -0.848. The molecule has 1 aliphatic rings. The van der Waals surface area contributed by atoms with Gasteiger partial charge in [0.1, 0.15) is 5.82 Å². The van der Waals surface area contributed by atoms with Crippen molar-refractivity contribution in [3.05, 3.63) is 16.3 Å². The predicted octanol–water partition coefficient (Wildman–Crippen LogP) is -0.782. The number of H-pyrrole nitrogens is 1. The quantitative estimate of drug-likeness (QED) is 0.597. The van der Waals surface area contributed by atoms with Crippen LogP contribution in [-0.4, -0.2) is 25.8 Å². The zero-order valence-corrected chi connectivity index (χ0v) is 6.86. The van der Waals surface area contributed by atoms with Crippen LogP contribution in [0.25, 0.3) is 0 Å². The molecule has 1 aromatic rings. The van der Waals surface area contributed by atoms with Crippen LogP contribution in [0.5, 0.6) is 0 Å². The number of aliphatic carboxylic acids is 1. The maximum atomic E-state index is 11.1. The molecule has 0 aromatic carbocycles. The number of hydrogen-bond donors (Lipinski definition) is 2. The summed E-state index contributed by atoms with van der Waals surface area (Å²) < 4.78 is 1.39. The Morgan fingerprint density at radius 2 is 2.46 bits per heavy atom. The molecule has 0 radical (unpaired) electrons. The standard InChI is InChI=1S/C7H9N3O3/c11-6(12)4-1-2-5-8-9-7(13)10(5)3-4/h4H,1-3H2,(H,9,13)(H,11,12). The van der Waals surface area contributed by atoms with Gasteiger partial charge in [-0.25, -0.2) is 9.89 Å². The van der Waals surface area contributed by atoms with Crippen LogP contribution >= 0.6 is 0 Å². The molecular weight excluding hydrogens is 174 g/mol. The number of nitrogens with zero attached hydrogens (tertiary/aromatic N) is 2. The van der Waals surface area contributed by atoms with Gasteiger partial charge < -0.3 is 5.11 Å². The number of aryl methyl sites for hydroxylation is 1. The average molecular weight is 183 g/mol. The van der Waals surface area contributed by atoms with E-state index in [9.17, 15) is 9.59 Å². The van der Waals surface area contributed by atoms with Crippen LogP contribution in [0.1, 0.15) is 12.2 Å². The minimum Gasteiger partial charge on any atom is -0.481 e. The van der Waals surface area contributed by atoms with E-state index in [0.717, 1.165) is 0 Å². The number of rotatable bonds is 1. The highest BCUT2D eigenvalue weighted by Gasteiger charge is 2.26. The van der Waals surface area contributed by atoms with Crippen molar-refractivity contribution in [1.82, 2.24) is 14.8 Å². The van der Waals surface area contributed by atoms with Crippen LogP contribution in [0.3, 0.4) is 0 Å². The lowest BCUT2D eigenvalue weighted by Gasteiger charge is -2.18. The van der Waals surface area contributed by atoms with Crippen molar-refractivity contribution >= 4 is 5.97 Å². The van der Waals surface area contributed by atoms with Crippen molar-refractivity contribution in [1.29, 1.82) is 0 Å². The topological polar surface area (TPSA) is 88.0 Å². The summed E-state index contributed by atoms with van der Waals surface area (Å²) in [5.41, 5.74) is -0.319. The molecule has 0 bridgehead atoms. The third-order valence-electron chi connectivity index (χ3n) is 2.31. The Hall–Kier alpha value is -1.59. The number of carboxylic acid groups (broad SMARTS) is 1. The lowest BCUT2D eigenvalue weighted by Crippen LogP contribution is -2.31. The molecule has 0 aliphatic carbocycles. The summed E-state index contributed by atoms with van der Waals surface area (Å²) in [7, 11) is 0. The summed E-state index contributed by atoms with van der Waals surface area (Å²) in [5, 5.41) is 14.8. The first kappa shape index (κ1) is 8.03. The molecule has 1 aromatic heterocycles. The smallest absolute Gasteiger partial charge is 0.343 e. The number of aromatic amines is 1. The number of nitrogens with one attached hydrogen (secondary N) is 1. The third-order valence-corrected chi connectivity index (χ3v) is 2.31. The molecule has 1 aliphatic heterocycles. The van der Waals surface area contributed by atoms with Gasteiger partial charge in [-0.05, 0) is 6.42 Å². The van der Waals surface area contributed by atoms with E-state index in [1.165, 1.54) is 4.57 Å². The van der Waals surface area contributed by atoms with Gasteiger partial charge in [-0.15, -0.1) is 0 Å². The summed E-state index contributed by atoms with van der Waals surface area (Å²) in [5.74, 6) is -0.649. The summed E-state index contributed by atoms with van der Waals surface area (Å²) in [6.07, 6.45) is 1.11. The fraction of sp³-hybridized carbons (Fsp3) is 0.571. The van der Waals surface area contributed by atoms with E-state index < -0.39 is 11.9 Å². The second-order valence-corrected chi connectivity index (χ2v) is 3.13. The molecule has 0 amide bonds. The van der Waals surface area contributed by atoms with Gasteiger partial charge in [0.15, 0.2) is 0 Å². The number of carbonyl (C=O) groups is 1. The van der Waals surface area contributed by atoms with E-state index in [4.69, 9.17) is 5.11 Å². The first-order valence-corrected chi connectivity index (χ1v) is 4.05. The van der Waals surface area contributed by atoms with Gasteiger partial charge in [0, 0.05) is 13.0 Å². The second-order valence-electron chi connectivity index (χ2n) is 3.13. The highest BCUT2D eigenvalue weighted by Crippen LogP contribution is 2.16. The van der Waals surface area contributed by atoms with Crippen molar-refractivity contribution < 1.29 is 9.90 Å². The molecule has 13 heavy (non-hydrogen) atoms. The molecule has 0 spiro atoms. The fourth-order valence-electron chi connectivity index (χ4n) is 1.55. The van der Waals surface area contributed by atoms with E-state index in [0.29, 0.717) is 18.7 Å². The molecule has 2 heterocycles. The largest absolute Gasteiger partial charge is 0.481 e. The molecular formula is C7H9N3O3. The Morgan fingerprint density at radius 1 is 1.69 bits per heavy atom. The molecule has 1 atom stereocenters. The Bertz CT molecular complexity index is 392. The predicted molar refractivity (Wildman–Crippen MR) is 42.3 cm³/mol. The van der Waals surface area contributed by atoms with Crippen LogP contribution in [0.15, 0.2) is 4.79 Å². The zero-order chi connectivity index (χ0) is 9.42. The Balaban J connectivity index is 2.33. The van der Waals surface area contributed by atoms with Crippen LogP contribution in [0, 0.1) is 5.92 Å². The second kappa shape index (κ2) is 2.72. The number of aromatic nitrogens is 3. The van der Waals surface area contributed by atoms with Gasteiger partial charge in [-0.1, -0.05) is 0 Å². The summed E-state index contributed by atoms with van der Waals surface area (Å²) in [6, 6.07) is 0. The molecule has 0 fully saturated rings. The Kier molecular flexibility index (Phi) is 1.68. The van der Waals surface area contributed by atoms with Crippen molar-refractivity contribution in [2.75, 3.05) is 0 Å². The van der Waals surface area contributed by atoms with E-state index in [1.807, 2.05) is 0 Å². The summed E-state index contributed by atoms with van der Waals surface area (Å²) >= 11 is 0. The Morgan fingerprint density at radius 3 is 3.15 bits per heavy atom. The molecule has 0 saturated heterocycles. The molecule has 0 saturated carbocycles. The third kappa shape index (κ3) is 1.24. The lowest BCUT2D eigenvalue weighted by atomic mass is 10.00. The van der Waals surface area contributed by atoms with Gasteiger partial charge in [-0.2, -0.15) is 5.10 Å². The molecule has 6 nitrogen and oxygen atoms in total. The molecule has 1 unspecified atom stereocenters. The Labute approximate surface area is 73.2 Å². The van der Waals surface area contributed by atoms with Crippen LogP contribution in [0.4, 0.5) is 0 Å². The monoisotopic (exact) mass is 183 g/mol. The molecule has 6 heteroatoms. The van der Waals surface area contributed by atoms with Crippen LogP contribution in [0.2, 0.25) is 0 Å². The SMILES string of the molecule is O=C(O)C1CCc2n[nH]c(=O)n2C1. The van der Waals surface area contributed by atoms with E-state index >= 15 is 0 Å². The van der Waals surface area contributed by atoms with Crippen LogP contribution < -0.4 is 5.69 Å². The van der Waals surface area contributed by atoms with Crippen molar-refractivity contribution in [2.24, 2.45) is 5.92 Å². The maximum absolute atomic E-state index is 11.1. The van der Waals surface area contributed by atoms with Gasteiger partial charge in [0.25, 0.3) is 0 Å². The van der Waals surface area contributed by atoms with Gasteiger partial charge >= 0.3 is 11.7 Å². The van der Waals surface area contributed by atoms with E-state index in [-0.39, 0.29) is 12.2 Å². The maximum Gasteiger partial charge on any atom is 0.343 e. The number of carboxylic acids is 1. The van der Waals surface area contributed by atoms with E-state index in [1.54, 1.807) is 0 Å². The molecule has 70 valence electrons. The molecule has 2 N–H and O–H groups in total. The normalized spacial score (nSPS) is 21.1. The number of hydrogen-bond acceptors (Lipinski definition) is 3. The first-order valence-electron chi connectivity index (χ1n) is 4.05. The highest BCUT2D eigenvalue weighted by molar-refractivity contribution is 5.70. The van der Waals surface area contributed by atoms with Gasteiger partial charge in [-0.3, -0.25) is 9.36 Å². The molecule has 2 rings (SSSR count). The minimum absolute atomic E-state index is 0.236. The zero-order valence-electron chi connectivity index (χ0n) is 6.86. The van der Waals surface area contributed by atoms with E-state index in [2.05, 4.69) is 10.2 Å². The van der Waals surface area contributed by atoms with Crippen molar-refractivity contribution in [3.8, 4) is 0 Å². The van der Waals surface area contributed by atoms with Crippen LogP contribution in [-0.2, 0) is 17.8 Å². The highest BCUT2D eigenvalue weighted by atomic mass is 16.4. The van der Waals surface area contributed by atoms with Crippen molar-refractivity contribution in [3.63, 3.8) is 0 Å². The van der Waals surface area contributed by atoms with Gasteiger partial charge in [0.2, 0.25) is 0 Å². The lowest BCUT2D eigenvalue weighted by molar-refractivity contribution is -0.142.